The van der Waals surface area contributed by atoms with Crippen LogP contribution in [-0.4, -0.2) is 4.98 Å². The molecule has 74 valence electrons. The fourth-order valence-corrected chi connectivity index (χ4v) is 1.97. The molecule has 0 fully saturated rings. The van der Waals surface area contributed by atoms with E-state index in [9.17, 15) is 8.78 Å². The number of hydrogen-bond donors (Lipinski definition) is 0. The van der Waals surface area contributed by atoms with E-state index in [1.807, 2.05) is 28.7 Å². The lowest BCUT2D eigenvalue weighted by molar-refractivity contribution is 0.149. The molecule has 0 bridgehead atoms. The second-order valence-corrected chi connectivity index (χ2v) is 3.84. The van der Waals surface area contributed by atoms with Gasteiger partial charge in [-0.15, -0.1) is 0 Å². The molecular weight excluding hydrogens is 301 g/mol. The third-order valence-electron chi connectivity index (χ3n) is 1.79. The molecule has 0 saturated heterocycles. The Morgan fingerprint density at radius 1 is 1.64 bits per heavy atom. The van der Waals surface area contributed by atoms with Crippen molar-refractivity contribution in [2.45, 2.75) is 19.8 Å². The summed E-state index contributed by atoms with van der Waals surface area (Å²) in [4.78, 5) is 3.93. The van der Waals surface area contributed by atoms with Gasteiger partial charge in [0.05, 0.1) is 12.5 Å². The summed E-state index contributed by atoms with van der Waals surface area (Å²) < 4.78 is 25.8. The van der Waals surface area contributed by atoms with Crippen LogP contribution in [0.5, 0.6) is 0 Å². The molecule has 0 amide bonds. The summed E-state index contributed by atoms with van der Waals surface area (Å²) in [6.45, 7) is 1.53. The van der Waals surface area contributed by atoms with E-state index >= 15 is 0 Å². The van der Waals surface area contributed by atoms with Gasteiger partial charge in [-0.1, -0.05) is 0 Å². The highest BCUT2D eigenvalue weighted by Gasteiger charge is 2.17. The second kappa shape index (κ2) is 4.64. The molecule has 1 rings (SSSR count). The Kier molecular flexibility index (Phi) is 3.75. The van der Waals surface area contributed by atoms with E-state index in [1.165, 1.54) is 13.0 Å². The molecule has 1 heterocycles. The number of pyridine rings is 1. The second-order valence-electron chi connectivity index (χ2n) is 2.74. The molecule has 0 saturated carbocycles. The maximum Gasteiger partial charge on any atom is 0.265 e. The summed E-state index contributed by atoms with van der Waals surface area (Å²) in [6.07, 6.45) is -2.57. The minimum Gasteiger partial charge on any atom is -0.247 e. The fraction of sp³-hybridized carbons (Fsp3) is 0.333. The summed E-state index contributed by atoms with van der Waals surface area (Å²) in [5, 5.41) is 8.49. The van der Waals surface area contributed by atoms with Crippen LogP contribution in [0.2, 0.25) is 0 Å². The van der Waals surface area contributed by atoms with Crippen molar-refractivity contribution in [2.24, 2.45) is 0 Å². The van der Waals surface area contributed by atoms with Crippen LogP contribution in [0.3, 0.4) is 0 Å². The van der Waals surface area contributed by atoms with Crippen molar-refractivity contribution in [3.63, 3.8) is 0 Å². The van der Waals surface area contributed by atoms with E-state index < -0.39 is 6.43 Å². The van der Waals surface area contributed by atoms with Crippen molar-refractivity contribution < 1.29 is 8.78 Å². The first-order chi connectivity index (χ1) is 6.56. The van der Waals surface area contributed by atoms with E-state index in [4.69, 9.17) is 5.26 Å². The first-order valence-electron chi connectivity index (χ1n) is 3.87. The molecule has 0 N–H and O–H groups in total. The van der Waals surface area contributed by atoms with Crippen molar-refractivity contribution >= 4 is 22.6 Å². The smallest absolute Gasteiger partial charge is 0.247 e. The Hall–Kier alpha value is -0.770. The van der Waals surface area contributed by atoms with Gasteiger partial charge in [0.2, 0.25) is 0 Å². The normalized spacial score (nSPS) is 10.3. The van der Waals surface area contributed by atoms with Crippen molar-refractivity contribution in [1.29, 1.82) is 5.26 Å². The zero-order chi connectivity index (χ0) is 10.7. The predicted octanol–water partition coefficient (Wildman–Crippen LogP) is 3.00. The Bertz CT molecular complexity index is 385. The molecule has 0 aliphatic carbocycles. The molecule has 0 radical (unpaired) electrons. The van der Waals surface area contributed by atoms with Crippen LogP contribution in [0.4, 0.5) is 8.78 Å². The van der Waals surface area contributed by atoms with E-state index in [-0.39, 0.29) is 12.0 Å². The van der Waals surface area contributed by atoms with Crippen LogP contribution in [0.15, 0.2) is 6.07 Å². The lowest BCUT2D eigenvalue weighted by atomic mass is 10.1. The first-order valence-corrected chi connectivity index (χ1v) is 4.95. The van der Waals surface area contributed by atoms with Crippen LogP contribution < -0.4 is 0 Å². The zero-order valence-corrected chi connectivity index (χ0v) is 9.55. The molecule has 1 aromatic rings. The number of nitriles is 1. The lowest BCUT2D eigenvalue weighted by Gasteiger charge is -2.09. The highest BCUT2D eigenvalue weighted by molar-refractivity contribution is 14.1. The highest BCUT2D eigenvalue weighted by Crippen LogP contribution is 2.26. The van der Waals surface area contributed by atoms with Gasteiger partial charge < -0.3 is 0 Å². The van der Waals surface area contributed by atoms with Crippen molar-refractivity contribution in [2.75, 3.05) is 0 Å². The van der Waals surface area contributed by atoms with Gasteiger partial charge >= 0.3 is 0 Å². The van der Waals surface area contributed by atoms with Crippen molar-refractivity contribution in [3.05, 3.63) is 26.6 Å². The molecule has 14 heavy (non-hydrogen) atoms. The standard InChI is InChI=1S/C9H7F2IN2/c1-5-8(9(10)11)6(2-3-13)4-7(12)14-5/h4,9H,2H2,1H3. The number of alkyl halides is 2. The predicted molar refractivity (Wildman–Crippen MR) is 56.0 cm³/mol. The number of aryl methyl sites for hydroxylation is 1. The molecule has 0 aliphatic rings. The molecule has 5 heteroatoms. The average molecular weight is 308 g/mol. The quantitative estimate of drug-likeness (QED) is 0.622. The number of nitrogens with zero attached hydrogens (tertiary/aromatic N) is 2. The topological polar surface area (TPSA) is 36.7 Å². The van der Waals surface area contributed by atoms with Gasteiger partial charge in [0.25, 0.3) is 6.43 Å². The summed E-state index contributed by atoms with van der Waals surface area (Å²) >= 11 is 1.95. The maximum absolute atomic E-state index is 12.6. The van der Waals surface area contributed by atoms with E-state index in [2.05, 4.69) is 4.98 Å². The molecule has 1 aromatic heterocycles. The number of aromatic nitrogens is 1. The van der Waals surface area contributed by atoms with Gasteiger partial charge in [-0.25, -0.2) is 13.8 Å². The number of hydrogen-bond acceptors (Lipinski definition) is 2. The monoisotopic (exact) mass is 308 g/mol. The molecule has 0 aromatic carbocycles. The molecule has 0 aliphatic heterocycles. The number of halogens is 3. The molecular formula is C9H7F2IN2. The average Bonchev–Trinajstić information content (AvgIpc) is 2.01. The van der Waals surface area contributed by atoms with Gasteiger partial charge in [-0.3, -0.25) is 0 Å². The molecule has 2 nitrogen and oxygen atoms in total. The lowest BCUT2D eigenvalue weighted by Crippen LogP contribution is -2.01. The maximum atomic E-state index is 12.6. The molecule has 0 atom stereocenters. The van der Waals surface area contributed by atoms with Gasteiger partial charge in [0.1, 0.15) is 3.70 Å². The van der Waals surface area contributed by atoms with Gasteiger partial charge in [-0.05, 0) is 41.1 Å². The third-order valence-corrected chi connectivity index (χ3v) is 2.34. The summed E-state index contributed by atoms with van der Waals surface area (Å²) in [6, 6.07) is 3.40. The van der Waals surface area contributed by atoms with E-state index in [0.29, 0.717) is 15.0 Å². The zero-order valence-electron chi connectivity index (χ0n) is 7.39. The summed E-state index contributed by atoms with van der Waals surface area (Å²) in [7, 11) is 0. The molecule has 0 spiro atoms. The van der Waals surface area contributed by atoms with Gasteiger partial charge in [-0.2, -0.15) is 5.26 Å². The van der Waals surface area contributed by atoms with Crippen LogP contribution in [-0.2, 0) is 6.42 Å². The van der Waals surface area contributed by atoms with E-state index in [1.54, 1.807) is 0 Å². The molecule has 0 unspecified atom stereocenters. The van der Waals surface area contributed by atoms with Crippen LogP contribution in [0.25, 0.3) is 0 Å². The largest absolute Gasteiger partial charge is 0.265 e. The fourth-order valence-electron chi connectivity index (χ4n) is 1.24. The Labute approximate surface area is 94.1 Å². The van der Waals surface area contributed by atoms with Crippen LogP contribution >= 0.6 is 22.6 Å². The Balaban J connectivity index is 3.30. The Morgan fingerprint density at radius 3 is 2.79 bits per heavy atom. The van der Waals surface area contributed by atoms with E-state index in [0.717, 1.165) is 0 Å². The SMILES string of the molecule is Cc1nc(I)cc(CC#N)c1C(F)F. The summed E-state index contributed by atoms with van der Waals surface area (Å²) in [5.74, 6) is 0. The number of rotatable bonds is 2. The van der Waals surface area contributed by atoms with Crippen molar-refractivity contribution in [1.82, 2.24) is 4.98 Å². The van der Waals surface area contributed by atoms with Gasteiger partial charge in [0.15, 0.2) is 0 Å². The van der Waals surface area contributed by atoms with Crippen LogP contribution in [0.1, 0.15) is 23.2 Å². The highest BCUT2D eigenvalue weighted by atomic mass is 127. The minimum absolute atomic E-state index is 0.000957. The minimum atomic E-state index is -2.57. The van der Waals surface area contributed by atoms with Crippen molar-refractivity contribution in [3.8, 4) is 6.07 Å². The van der Waals surface area contributed by atoms with Gasteiger partial charge in [0, 0.05) is 11.3 Å². The first kappa shape index (κ1) is 11.3. The summed E-state index contributed by atoms with van der Waals surface area (Å²) in [5.41, 5.74) is 0.573. The van der Waals surface area contributed by atoms with Crippen LogP contribution in [0, 0.1) is 22.0 Å². The Morgan fingerprint density at radius 2 is 2.29 bits per heavy atom. The third kappa shape index (κ3) is 2.38.